The minimum Gasteiger partial charge on any atom is -0.481 e. The fourth-order valence-corrected chi connectivity index (χ4v) is 8.69. The van der Waals surface area contributed by atoms with Crippen molar-refractivity contribution in [2.75, 3.05) is 0 Å². The van der Waals surface area contributed by atoms with Crippen molar-refractivity contribution in [3.05, 3.63) is 35.4 Å². The normalized spacial score (nSPS) is 36.3. The molecule has 0 bridgehead atoms. The zero-order chi connectivity index (χ0) is 25.7. The Morgan fingerprint density at radius 2 is 1.53 bits per heavy atom. The van der Waals surface area contributed by atoms with Crippen LogP contribution in [0.25, 0.3) is 0 Å². The Balaban J connectivity index is 1.64. The molecule has 3 aliphatic rings. The van der Waals surface area contributed by atoms with Crippen LogP contribution in [-0.4, -0.2) is 17.2 Å². The van der Waals surface area contributed by atoms with Crippen LogP contribution < -0.4 is 0 Å². The zero-order valence-corrected chi connectivity index (χ0v) is 23.2. The van der Waals surface area contributed by atoms with E-state index in [4.69, 9.17) is 0 Å². The van der Waals surface area contributed by atoms with E-state index in [0.717, 1.165) is 24.7 Å². The average molecular weight is 499 g/mol. The van der Waals surface area contributed by atoms with Gasteiger partial charge in [-0.2, -0.15) is 0 Å². The Morgan fingerprint density at radius 3 is 2.08 bits per heavy atom. The fraction of sp³-hybridized carbons (Fsp3) is 0.788. The maximum Gasteiger partial charge on any atom is 0.306 e. The molecule has 2 nitrogen and oxygen atoms in total. The molecule has 36 heavy (non-hydrogen) atoms. The first-order chi connectivity index (χ1) is 17.4. The third-order valence-corrected chi connectivity index (χ3v) is 10.8. The van der Waals surface area contributed by atoms with Crippen LogP contribution in [0, 0.1) is 29.6 Å². The predicted molar refractivity (Wildman–Crippen MR) is 147 cm³/mol. The predicted octanol–water partition coefficient (Wildman–Crippen LogP) is 9.46. The van der Waals surface area contributed by atoms with Crippen LogP contribution in [-0.2, 0) is 10.2 Å². The minimum absolute atomic E-state index is 0.176. The van der Waals surface area contributed by atoms with E-state index < -0.39 is 23.5 Å². The molecule has 1 aromatic carbocycles. The van der Waals surface area contributed by atoms with Crippen LogP contribution in [0.2, 0.25) is 0 Å². The number of hydrogen-bond acceptors (Lipinski definition) is 1. The highest BCUT2D eigenvalue weighted by molar-refractivity contribution is 5.70. The quantitative estimate of drug-likeness (QED) is 0.368. The van der Waals surface area contributed by atoms with Gasteiger partial charge in [-0.25, -0.2) is 4.39 Å². The van der Waals surface area contributed by atoms with E-state index >= 15 is 4.39 Å². The maximum absolute atomic E-state index is 16.6. The summed E-state index contributed by atoms with van der Waals surface area (Å²) in [6.45, 7) is 6.96. The van der Waals surface area contributed by atoms with E-state index in [1.807, 2.05) is 0 Å². The van der Waals surface area contributed by atoms with Gasteiger partial charge in [0.25, 0.3) is 0 Å². The van der Waals surface area contributed by atoms with Gasteiger partial charge in [-0.3, -0.25) is 4.79 Å². The van der Waals surface area contributed by atoms with Crippen molar-refractivity contribution in [3.8, 4) is 0 Å². The molecule has 3 heteroatoms. The van der Waals surface area contributed by atoms with Crippen molar-refractivity contribution in [1.82, 2.24) is 0 Å². The Morgan fingerprint density at radius 1 is 0.944 bits per heavy atom. The molecule has 4 atom stereocenters. The van der Waals surface area contributed by atoms with Crippen LogP contribution in [0.1, 0.15) is 134 Å². The first-order valence-corrected chi connectivity index (χ1v) is 15.4. The van der Waals surface area contributed by atoms with Crippen LogP contribution in [0.15, 0.2) is 24.3 Å². The van der Waals surface area contributed by atoms with Crippen molar-refractivity contribution in [1.29, 1.82) is 0 Å². The van der Waals surface area contributed by atoms with Gasteiger partial charge in [-0.15, -0.1) is 0 Å². The summed E-state index contributed by atoms with van der Waals surface area (Å²) < 4.78 is 16.6. The van der Waals surface area contributed by atoms with E-state index in [0.29, 0.717) is 30.6 Å². The topological polar surface area (TPSA) is 37.3 Å². The Hall–Kier alpha value is -1.38. The Kier molecular flexibility index (Phi) is 9.56. The van der Waals surface area contributed by atoms with Gasteiger partial charge < -0.3 is 5.11 Å². The van der Waals surface area contributed by atoms with Crippen molar-refractivity contribution in [2.45, 2.75) is 135 Å². The third kappa shape index (κ3) is 5.70. The molecule has 4 rings (SSSR count). The molecule has 0 heterocycles. The minimum atomic E-state index is -1.08. The van der Waals surface area contributed by atoms with Gasteiger partial charge in [0.05, 0.1) is 5.92 Å². The molecule has 0 radical (unpaired) electrons. The molecule has 1 N–H and O–H groups in total. The van der Waals surface area contributed by atoms with Gasteiger partial charge in [0.2, 0.25) is 0 Å². The summed E-state index contributed by atoms with van der Waals surface area (Å²) >= 11 is 0. The number of halogens is 1. The summed E-state index contributed by atoms with van der Waals surface area (Å²) in [7, 11) is 0. The maximum atomic E-state index is 16.6. The number of benzene rings is 1. The second kappa shape index (κ2) is 12.4. The second-order valence-electron chi connectivity index (χ2n) is 12.8. The van der Waals surface area contributed by atoms with E-state index in [-0.39, 0.29) is 6.42 Å². The van der Waals surface area contributed by atoms with Gasteiger partial charge in [0.1, 0.15) is 6.17 Å². The van der Waals surface area contributed by atoms with Crippen LogP contribution >= 0.6 is 0 Å². The number of aliphatic carboxylic acids is 1. The molecule has 3 fully saturated rings. The van der Waals surface area contributed by atoms with Crippen LogP contribution in [0.5, 0.6) is 0 Å². The summed E-state index contributed by atoms with van der Waals surface area (Å²) in [6, 6.07) is 8.79. The molecule has 4 unspecified atom stereocenters. The molecule has 1 aromatic rings. The van der Waals surface area contributed by atoms with E-state index in [1.54, 1.807) is 0 Å². The molecule has 0 aromatic heterocycles. The summed E-state index contributed by atoms with van der Waals surface area (Å²) in [5, 5.41) is 9.71. The first kappa shape index (κ1) is 27.6. The van der Waals surface area contributed by atoms with Crippen LogP contribution in [0.3, 0.4) is 0 Å². The van der Waals surface area contributed by atoms with Crippen LogP contribution in [0.4, 0.5) is 4.39 Å². The van der Waals surface area contributed by atoms with Gasteiger partial charge in [0, 0.05) is 5.41 Å². The SMILES string of the molecule is CCCC1CCC(C(C)c2ccccc2C2(C3CCC(CCC)CC3)CCC(C(=O)O)CC2F)CC1. The number of carboxylic acids is 1. The molecule has 0 amide bonds. The van der Waals surface area contributed by atoms with Gasteiger partial charge in [-0.1, -0.05) is 96.4 Å². The number of carbonyl (C=O) groups is 1. The highest BCUT2D eigenvalue weighted by Crippen LogP contribution is 2.55. The van der Waals surface area contributed by atoms with E-state index in [1.165, 1.54) is 75.3 Å². The zero-order valence-electron chi connectivity index (χ0n) is 23.2. The van der Waals surface area contributed by atoms with Crippen molar-refractivity contribution < 1.29 is 14.3 Å². The summed E-state index contributed by atoms with van der Waals surface area (Å²) in [5.74, 6) is 1.74. The lowest BCUT2D eigenvalue weighted by Crippen LogP contribution is -2.50. The Bertz CT molecular complexity index is 836. The van der Waals surface area contributed by atoms with Gasteiger partial charge in [-0.05, 0) is 85.7 Å². The molecule has 3 saturated carbocycles. The van der Waals surface area contributed by atoms with Crippen molar-refractivity contribution in [2.24, 2.45) is 29.6 Å². The highest BCUT2D eigenvalue weighted by Gasteiger charge is 2.53. The largest absolute Gasteiger partial charge is 0.481 e. The summed E-state index contributed by atoms with van der Waals surface area (Å²) in [4.78, 5) is 11.8. The molecular formula is C33H51FO2. The smallest absolute Gasteiger partial charge is 0.306 e. The molecular weight excluding hydrogens is 447 g/mol. The molecule has 0 aliphatic heterocycles. The second-order valence-corrected chi connectivity index (χ2v) is 12.8. The standard InChI is InChI=1S/C33H51FO2/c1-4-8-24-12-16-26(17-13-24)23(3)29-10-6-7-11-30(29)33(21-20-27(32(35)36)22-31(33)34)28-18-14-25(9-5-2)15-19-28/h6-7,10-11,23-28,31H,4-5,8-9,12-22H2,1-3H3,(H,35,36). The van der Waals surface area contributed by atoms with E-state index in [2.05, 4.69) is 45.0 Å². The lowest BCUT2D eigenvalue weighted by Gasteiger charge is -2.51. The number of hydrogen-bond donors (Lipinski definition) is 1. The number of rotatable bonds is 9. The summed E-state index contributed by atoms with van der Waals surface area (Å²) in [6.07, 6.45) is 15.4. The van der Waals surface area contributed by atoms with Gasteiger partial charge >= 0.3 is 5.97 Å². The van der Waals surface area contributed by atoms with Crippen molar-refractivity contribution in [3.63, 3.8) is 0 Å². The first-order valence-electron chi connectivity index (χ1n) is 15.4. The lowest BCUT2D eigenvalue weighted by atomic mass is 9.54. The monoisotopic (exact) mass is 498 g/mol. The average Bonchev–Trinajstić information content (AvgIpc) is 2.90. The summed E-state index contributed by atoms with van der Waals surface area (Å²) in [5.41, 5.74) is 2.08. The lowest BCUT2D eigenvalue weighted by molar-refractivity contribution is -0.145. The highest BCUT2D eigenvalue weighted by atomic mass is 19.1. The molecule has 0 spiro atoms. The number of alkyl halides is 1. The molecule has 0 saturated heterocycles. The molecule has 202 valence electrons. The van der Waals surface area contributed by atoms with E-state index in [9.17, 15) is 9.90 Å². The third-order valence-electron chi connectivity index (χ3n) is 10.8. The van der Waals surface area contributed by atoms with Crippen molar-refractivity contribution >= 4 is 5.97 Å². The molecule has 3 aliphatic carbocycles. The fourth-order valence-electron chi connectivity index (χ4n) is 8.69. The Labute approximate surface area is 219 Å². The number of carboxylic acid groups (broad SMARTS) is 1. The van der Waals surface area contributed by atoms with Gasteiger partial charge in [0.15, 0.2) is 0 Å².